The van der Waals surface area contributed by atoms with Gasteiger partial charge in [-0.3, -0.25) is 0 Å². The lowest BCUT2D eigenvalue weighted by atomic mass is 9.97. The van der Waals surface area contributed by atoms with Crippen LogP contribution in [-0.4, -0.2) is 67.8 Å². The van der Waals surface area contributed by atoms with Crippen LogP contribution in [0.1, 0.15) is 41.5 Å². The predicted octanol–water partition coefficient (Wildman–Crippen LogP) is 1.73. The monoisotopic (exact) mass is 320 g/mol. The van der Waals surface area contributed by atoms with E-state index in [1.807, 2.05) is 41.5 Å². The summed E-state index contributed by atoms with van der Waals surface area (Å²) in [7, 11) is 1.59. The molecule has 1 heterocycles. The molecular formula is C16H32O6. The average molecular weight is 320 g/mol. The van der Waals surface area contributed by atoms with Gasteiger partial charge in [-0.2, -0.15) is 0 Å². The van der Waals surface area contributed by atoms with Gasteiger partial charge in [0.15, 0.2) is 6.29 Å². The normalized spacial score (nSPS) is 33.1. The Hall–Kier alpha value is -0.240. The topological polar surface area (TPSA) is 66.4 Å². The van der Waals surface area contributed by atoms with E-state index in [9.17, 15) is 5.11 Å². The smallest absolute Gasteiger partial charge is 0.184 e. The van der Waals surface area contributed by atoms with Crippen LogP contribution in [0.15, 0.2) is 0 Å². The molecule has 0 saturated carbocycles. The van der Waals surface area contributed by atoms with E-state index in [2.05, 4.69) is 0 Å². The highest BCUT2D eigenvalue weighted by atomic mass is 16.7. The molecule has 0 aromatic rings. The summed E-state index contributed by atoms with van der Waals surface area (Å²) in [5.41, 5.74) is 0. The summed E-state index contributed by atoms with van der Waals surface area (Å²) < 4.78 is 28.7. The molecule has 5 atom stereocenters. The van der Waals surface area contributed by atoms with Crippen molar-refractivity contribution in [2.45, 2.75) is 90.6 Å². The molecule has 1 N–H and O–H groups in total. The van der Waals surface area contributed by atoms with Gasteiger partial charge in [0.25, 0.3) is 0 Å². The summed E-state index contributed by atoms with van der Waals surface area (Å²) in [5, 5.41) is 10.3. The van der Waals surface area contributed by atoms with E-state index in [1.54, 1.807) is 7.11 Å². The third kappa shape index (κ3) is 5.76. The molecular weight excluding hydrogens is 288 g/mol. The van der Waals surface area contributed by atoms with E-state index in [-0.39, 0.29) is 24.4 Å². The third-order valence-corrected chi connectivity index (χ3v) is 3.23. The van der Waals surface area contributed by atoms with Crippen LogP contribution in [0, 0.1) is 0 Å². The van der Waals surface area contributed by atoms with Crippen molar-refractivity contribution in [3.05, 3.63) is 0 Å². The second kappa shape index (κ2) is 9.15. The number of aliphatic hydroxyl groups is 1. The molecule has 0 amide bonds. The van der Waals surface area contributed by atoms with Crippen molar-refractivity contribution in [3.8, 4) is 0 Å². The third-order valence-electron chi connectivity index (χ3n) is 3.23. The van der Waals surface area contributed by atoms with Crippen LogP contribution in [0.25, 0.3) is 0 Å². The maximum Gasteiger partial charge on any atom is 0.184 e. The van der Waals surface area contributed by atoms with Crippen LogP contribution in [0.3, 0.4) is 0 Å². The Kier molecular flexibility index (Phi) is 8.24. The van der Waals surface area contributed by atoms with E-state index in [1.165, 1.54) is 0 Å². The highest BCUT2D eigenvalue weighted by Gasteiger charge is 2.48. The first kappa shape index (κ1) is 19.8. The van der Waals surface area contributed by atoms with Crippen molar-refractivity contribution in [2.24, 2.45) is 0 Å². The Morgan fingerprint density at radius 1 is 0.818 bits per heavy atom. The Bertz CT molecular complexity index is 307. The van der Waals surface area contributed by atoms with E-state index >= 15 is 0 Å². The minimum absolute atomic E-state index is 0.00108. The molecule has 0 aliphatic carbocycles. The van der Waals surface area contributed by atoms with Crippen molar-refractivity contribution >= 4 is 0 Å². The van der Waals surface area contributed by atoms with Crippen LogP contribution < -0.4 is 0 Å². The summed E-state index contributed by atoms with van der Waals surface area (Å²) in [5.74, 6) is 0. The Morgan fingerprint density at radius 3 is 1.73 bits per heavy atom. The van der Waals surface area contributed by atoms with E-state index in [0.717, 1.165) is 0 Å². The molecule has 0 aromatic carbocycles. The molecule has 6 heteroatoms. The minimum Gasteiger partial charge on any atom is -0.382 e. The lowest BCUT2D eigenvalue weighted by Gasteiger charge is -2.46. The summed E-state index contributed by atoms with van der Waals surface area (Å²) in [6, 6.07) is 0. The molecule has 1 aliphatic heterocycles. The zero-order chi connectivity index (χ0) is 16.9. The lowest BCUT2D eigenvalue weighted by Crippen LogP contribution is -2.62. The number of methoxy groups -OCH3 is 1. The number of hydrogen-bond acceptors (Lipinski definition) is 6. The minimum atomic E-state index is -1.07. The average Bonchev–Trinajstić information content (AvgIpc) is 2.37. The van der Waals surface area contributed by atoms with Gasteiger partial charge in [0, 0.05) is 7.11 Å². The Morgan fingerprint density at radius 2 is 1.27 bits per heavy atom. The van der Waals surface area contributed by atoms with E-state index in [4.69, 9.17) is 23.7 Å². The summed E-state index contributed by atoms with van der Waals surface area (Å²) >= 11 is 0. The van der Waals surface area contributed by atoms with Crippen LogP contribution in [0.2, 0.25) is 0 Å². The fourth-order valence-electron chi connectivity index (χ4n) is 2.60. The van der Waals surface area contributed by atoms with Gasteiger partial charge in [0.2, 0.25) is 0 Å². The van der Waals surface area contributed by atoms with Crippen molar-refractivity contribution in [2.75, 3.05) is 13.7 Å². The van der Waals surface area contributed by atoms with Gasteiger partial charge < -0.3 is 28.8 Å². The molecule has 1 fully saturated rings. The van der Waals surface area contributed by atoms with Crippen LogP contribution in [0.5, 0.6) is 0 Å². The summed E-state index contributed by atoms with van der Waals surface area (Å²) in [4.78, 5) is 0. The second-order valence-electron chi connectivity index (χ2n) is 6.47. The number of ether oxygens (including phenoxy) is 5. The predicted molar refractivity (Wildman–Crippen MR) is 82.8 cm³/mol. The highest BCUT2D eigenvalue weighted by Crippen LogP contribution is 2.29. The van der Waals surface area contributed by atoms with Crippen molar-refractivity contribution in [3.63, 3.8) is 0 Å². The SMILES string of the molecule is COCC1O[C@H](O)C(OC(C)C)[C@@H](OC(C)C)[C@@H]1OC(C)C. The molecule has 2 unspecified atom stereocenters. The Labute approximate surface area is 134 Å². The highest BCUT2D eigenvalue weighted by molar-refractivity contribution is 4.93. The second-order valence-corrected chi connectivity index (χ2v) is 6.47. The standard InChI is InChI=1S/C16H32O6/c1-9(2)19-13-12(8-18-7)22-16(17)15(21-11(5)6)14(13)20-10(3)4/h9-17H,8H2,1-7H3/t12?,13-,14+,15?,16+/m1/s1. The number of aliphatic hydroxyl groups excluding tert-OH is 1. The fourth-order valence-corrected chi connectivity index (χ4v) is 2.60. The molecule has 0 radical (unpaired) electrons. The van der Waals surface area contributed by atoms with Crippen LogP contribution >= 0.6 is 0 Å². The van der Waals surface area contributed by atoms with Gasteiger partial charge in [-0.05, 0) is 41.5 Å². The first-order chi connectivity index (χ1) is 10.3. The van der Waals surface area contributed by atoms with Crippen LogP contribution in [0.4, 0.5) is 0 Å². The molecule has 132 valence electrons. The van der Waals surface area contributed by atoms with E-state index < -0.39 is 24.6 Å². The number of hydrogen-bond donors (Lipinski definition) is 1. The summed E-state index contributed by atoms with van der Waals surface area (Å²) in [6.07, 6.45) is -2.93. The van der Waals surface area contributed by atoms with Gasteiger partial charge in [-0.25, -0.2) is 0 Å². The zero-order valence-electron chi connectivity index (χ0n) is 14.8. The first-order valence-electron chi connectivity index (χ1n) is 8.05. The molecule has 1 aliphatic rings. The fraction of sp³-hybridized carbons (Fsp3) is 1.00. The van der Waals surface area contributed by atoms with Crippen LogP contribution in [-0.2, 0) is 23.7 Å². The molecule has 22 heavy (non-hydrogen) atoms. The first-order valence-corrected chi connectivity index (χ1v) is 8.05. The van der Waals surface area contributed by atoms with Gasteiger partial charge in [-0.15, -0.1) is 0 Å². The lowest BCUT2D eigenvalue weighted by molar-refractivity contribution is -0.323. The quantitative estimate of drug-likeness (QED) is 0.735. The van der Waals surface area contributed by atoms with Gasteiger partial charge in [0.05, 0.1) is 24.9 Å². The maximum absolute atomic E-state index is 10.3. The molecule has 0 bridgehead atoms. The summed E-state index contributed by atoms with van der Waals surface area (Å²) in [6.45, 7) is 12.0. The zero-order valence-corrected chi connectivity index (χ0v) is 14.8. The van der Waals surface area contributed by atoms with Gasteiger partial charge in [-0.1, -0.05) is 0 Å². The maximum atomic E-state index is 10.3. The van der Waals surface area contributed by atoms with Gasteiger partial charge >= 0.3 is 0 Å². The molecule has 6 nitrogen and oxygen atoms in total. The molecule has 1 saturated heterocycles. The van der Waals surface area contributed by atoms with Gasteiger partial charge in [0.1, 0.15) is 24.4 Å². The van der Waals surface area contributed by atoms with Crippen molar-refractivity contribution < 1.29 is 28.8 Å². The van der Waals surface area contributed by atoms with Crippen molar-refractivity contribution in [1.29, 1.82) is 0 Å². The van der Waals surface area contributed by atoms with E-state index in [0.29, 0.717) is 6.61 Å². The number of rotatable bonds is 8. The molecule has 0 spiro atoms. The molecule has 1 rings (SSSR count). The van der Waals surface area contributed by atoms with Crippen molar-refractivity contribution in [1.82, 2.24) is 0 Å². The molecule has 0 aromatic heterocycles. The largest absolute Gasteiger partial charge is 0.382 e. The Balaban J connectivity index is 3.02.